The molecule has 3 rings (SSSR count). The lowest BCUT2D eigenvalue weighted by Crippen LogP contribution is -2.47. The van der Waals surface area contributed by atoms with Crippen molar-refractivity contribution in [3.8, 4) is 0 Å². The zero-order chi connectivity index (χ0) is 13.9. The molecule has 2 aliphatic heterocycles. The van der Waals surface area contributed by atoms with Crippen molar-refractivity contribution >= 4 is 23.1 Å². The molecule has 3 nitrogen and oxygen atoms in total. The minimum absolute atomic E-state index is 0.844. The van der Waals surface area contributed by atoms with Crippen molar-refractivity contribution in [3.63, 3.8) is 0 Å². The Bertz CT molecular complexity index is 432. The summed E-state index contributed by atoms with van der Waals surface area (Å²) < 4.78 is 0. The quantitative estimate of drug-likeness (QED) is 0.854. The molecule has 1 aromatic rings. The topological polar surface area (TPSA) is 19.4 Å². The molecule has 2 saturated heterocycles. The van der Waals surface area contributed by atoms with Gasteiger partial charge in [0.1, 0.15) is 0 Å². The average Bonchev–Trinajstić information content (AvgIpc) is 2.79. The van der Waals surface area contributed by atoms with Gasteiger partial charge in [0, 0.05) is 55.1 Å². The van der Waals surface area contributed by atoms with Crippen molar-refractivity contribution in [1.29, 1.82) is 0 Å². The molecule has 0 amide bonds. The van der Waals surface area contributed by atoms with E-state index < -0.39 is 0 Å². The van der Waals surface area contributed by atoms with E-state index in [0.29, 0.717) is 0 Å². The lowest BCUT2D eigenvalue weighted by Gasteiger charge is -2.40. The number of piperidine rings is 1. The minimum atomic E-state index is 0.844. The molecular weight excluding hydrogens is 286 g/mol. The molecule has 112 valence electrons. The van der Waals surface area contributed by atoms with Crippen LogP contribution in [0.4, 0.5) is 0 Å². The number of aryl methyl sites for hydroxylation is 2. The minimum Gasteiger partial charge on any atom is -0.299 e. The average molecular weight is 312 g/mol. The Labute approximate surface area is 130 Å². The van der Waals surface area contributed by atoms with Gasteiger partial charge in [0.25, 0.3) is 0 Å². The van der Waals surface area contributed by atoms with E-state index in [1.807, 2.05) is 11.3 Å². The van der Waals surface area contributed by atoms with Crippen LogP contribution in [0.1, 0.15) is 28.4 Å². The molecule has 5 heteroatoms. The first kappa shape index (κ1) is 14.8. The lowest BCUT2D eigenvalue weighted by atomic mass is 10.0. The highest BCUT2D eigenvalue weighted by atomic mass is 32.2. The summed E-state index contributed by atoms with van der Waals surface area (Å²) >= 11 is 3.98. The van der Waals surface area contributed by atoms with Crippen LogP contribution in [-0.4, -0.2) is 58.5 Å². The second kappa shape index (κ2) is 6.77. The largest absolute Gasteiger partial charge is 0.299 e. The first-order valence-corrected chi connectivity index (χ1v) is 9.66. The van der Waals surface area contributed by atoms with Crippen LogP contribution in [0.2, 0.25) is 0 Å². The first-order chi connectivity index (χ1) is 9.72. The van der Waals surface area contributed by atoms with Crippen LogP contribution in [0.15, 0.2) is 0 Å². The van der Waals surface area contributed by atoms with Crippen molar-refractivity contribution in [1.82, 2.24) is 14.8 Å². The number of thioether (sulfide) groups is 1. The normalized spacial score (nSPS) is 23.3. The number of likely N-dealkylation sites (tertiary alicyclic amines) is 1. The maximum Gasteiger partial charge on any atom is 0.0900 e. The molecule has 2 fully saturated rings. The van der Waals surface area contributed by atoms with Gasteiger partial charge in [-0.05, 0) is 26.7 Å². The molecule has 0 saturated carbocycles. The number of hydrogen-bond acceptors (Lipinski definition) is 5. The molecule has 0 atom stereocenters. The molecule has 0 aliphatic carbocycles. The van der Waals surface area contributed by atoms with Crippen LogP contribution in [0.5, 0.6) is 0 Å². The van der Waals surface area contributed by atoms with Gasteiger partial charge in [-0.3, -0.25) is 9.80 Å². The Morgan fingerprint density at radius 2 is 1.80 bits per heavy atom. The Morgan fingerprint density at radius 1 is 1.10 bits per heavy atom. The summed E-state index contributed by atoms with van der Waals surface area (Å²) in [6.07, 6.45) is 2.70. The van der Waals surface area contributed by atoms with Gasteiger partial charge in [0.15, 0.2) is 0 Å². The van der Waals surface area contributed by atoms with Crippen molar-refractivity contribution < 1.29 is 0 Å². The standard InChI is InChI=1S/C15H25N3S2/c1-12-15(20-13(2)16-12)11-17-5-3-14(4-6-17)18-7-9-19-10-8-18/h14H,3-11H2,1-2H3. The summed E-state index contributed by atoms with van der Waals surface area (Å²) in [5, 5.41) is 1.21. The van der Waals surface area contributed by atoms with E-state index in [2.05, 4.69) is 40.4 Å². The number of aromatic nitrogens is 1. The van der Waals surface area contributed by atoms with Crippen LogP contribution in [0, 0.1) is 13.8 Å². The van der Waals surface area contributed by atoms with Gasteiger partial charge in [0.05, 0.1) is 10.7 Å². The SMILES string of the molecule is Cc1nc(C)c(CN2CCC(N3CCSCC3)CC2)s1. The highest BCUT2D eigenvalue weighted by Gasteiger charge is 2.26. The summed E-state index contributed by atoms with van der Waals surface area (Å²) in [5.74, 6) is 2.67. The van der Waals surface area contributed by atoms with Crippen LogP contribution in [-0.2, 0) is 6.54 Å². The van der Waals surface area contributed by atoms with E-state index in [4.69, 9.17) is 0 Å². The number of hydrogen-bond donors (Lipinski definition) is 0. The van der Waals surface area contributed by atoms with Crippen LogP contribution in [0.25, 0.3) is 0 Å². The predicted molar refractivity (Wildman–Crippen MR) is 88.8 cm³/mol. The van der Waals surface area contributed by atoms with Gasteiger partial charge in [-0.2, -0.15) is 11.8 Å². The summed E-state index contributed by atoms with van der Waals surface area (Å²) in [5.41, 5.74) is 1.24. The van der Waals surface area contributed by atoms with Crippen LogP contribution < -0.4 is 0 Å². The molecule has 0 spiro atoms. The summed E-state index contributed by atoms with van der Waals surface area (Å²) in [7, 11) is 0. The van der Waals surface area contributed by atoms with Gasteiger partial charge >= 0.3 is 0 Å². The van der Waals surface area contributed by atoms with Crippen LogP contribution in [0.3, 0.4) is 0 Å². The molecule has 1 aromatic heterocycles. The number of nitrogens with zero attached hydrogens (tertiary/aromatic N) is 3. The van der Waals surface area contributed by atoms with Gasteiger partial charge < -0.3 is 0 Å². The van der Waals surface area contributed by atoms with E-state index in [9.17, 15) is 0 Å². The maximum atomic E-state index is 4.55. The highest BCUT2D eigenvalue weighted by molar-refractivity contribution is 7.99. The fourth-order valence-electron chi connectivity index (χ4n) is 3.31. The molecule has 2 aliphatic rings. The fourth-order valence-corrected chi connectivity index (χ4v) is 5.22. The molecule has 0 radical (unpaired) electrons. The summed E-state index contributed by atoms with van der Waals surface area (Å²) in [6, 6.07) is 0.844. The van der Waals surface area contributed by atoms with E-state index >= 15 is 0 Å². The van der Waals surface area contributed by atoms with Crippen molar-refractivity contribution in [2.45, 2.75) is 39.3 Å². The second-order valence-corrected chi connectivity index (χ2v) is 8.41. The summed E-state index contributed by atoms with van der Waals surface area (Å²) in [4.78, 5) is 11.4. The molecule has 0 bridgehead atoms. The van der Waals surface area contributed by atoms with E-state index in [1.54, 1.807) is 0 Å². The number of thiazole rings is 1. The smallest absolute Gasteiger partial charge is 0.0900 e. The summed E-state index contributed by atoms with van der Waals surface area (Å²) in [6.45, 7) is 10.5. The monoisotopic (exact) mass is 311 g/mol. The zero-order valence-electron chi connectivity index (χ0n) is 12.6. The van der Waals surface area contributed by atoms with Crippen molar-refractivity contribution in [2.24, 2.45) is 0 Å². The maximum absolute atomic E-state index is 4.55. The van der Waals surface area contributed by atoms with E-state index in [0.717, 1.165) is 12.6 Å². The Morgan fingerprint density at radius 3 is 2.40 bits per heavy atom. The fraction of sp³-hybridized carbons (Fsp3) is 0.800. The Kier molecular flexibility index (Phi) is 5.02. The predicted octanol–water partition coefficient (Wildman–Crippen LogP) is 2.77. The van der Waals surface area contributed by atoms with Gasteiger partial charge in [-0.25, -0.2) is 4.98 Å². The first-order valence-electron chi connectivity index (χ1n) is 7.69. The van der Waals surface area contributed by atoms with Gasteiger partial charge in [-0.1, -0.05) is 0 Å². The molecule has 0 N–H and O–H groups in total. The van der Waals surface area contributed by atoms with Crippen molar-refractivity contribution in [2.75, 3.05) is 37.7 Å². The third-order valence-electron chi connectivity index (χ3n) is 4.49. The Balaban J connectivity index is 1.49. The molecule has 0 unspecified atom stereocenters. The Hall–Kier alpha value is -0.100. The second-order valence-electron chi connectivity index (χ2n) is 5.90. The molecule has 0 aromatic carbocycles. The highest BCUT2D eigenvalue weighted by Crippen LogP contribution is 2.24. The lowest BCUT2D eigenvalue weighted by molar-refractivity contribution is 0.113. The third-order valence-corrected chi connectivity index (χ3v) is 6.49. The van der Waals surface area contributed by atoms with Crippen molar-refractivity contribution in [3.05, 3.63) is 15.6 Å². The van der Waals surface area contributed by atoms with Gasteiger partial charge in [0.2, 0.25) is 0 Å². The van der Waals surface area contributed by atoms with E-state index in [-0.39, 0.29) is 0 Å². The van der Waals surface area contributed by atoms with Gasteiger partial charge in [-0.15, -0.1) is 11.3 Å². The number of rotatable bonds is 3. The van der Waals surface area contributed by atoms with E-state index in [1.165, 1.54) is 66.1 Å². The zero-order valence-corrected chi connectivity index (χ0v) is 14.2. The molecule has 20 heavy (non-hydrogen) atoms. The molecular formula is C15H25N3S2. The van der Waals surface area contributed by atoms with Crippen LogP contribution >= 0.6 is 23.1 Å². The molecule has 3 heterocycles. The third kappa shape index (κ3) is 3.56.